The van der Waals surface area contributed by atoms with Crippen molar-refractivity contribution in [2.45, 2.75) is 73.5 Å². The maximum atomic E-state index is 13.2. The van der Waals surface area contributed by atoms with Crippen molar-refractivity contribution < 1.29 is 23.0 Å². The highest BCUT2D eigenvalue weighted by Crippen LogP contribution is 2.79. The molecule has 2 aromatic rings. The van der Waals surface area contributed by atoms with E-state index >= 15 is 0 Å². The molecule has 0 amide bonds. The van der Waals surface area contributed by atoms with Crippen LogP contribution in [0.25, 0.3) is 0 Å². The number of nitrogens with one attached hydrogen (secondary N) is 1. The monoisotopic (exact) mass is 550 g/mol. The van der Waals surface area contributed by atoms with E-state index in [-0.39, 0.29) is 39.4 Å². The van der Waals surface area contributed by atoms with Gasteiger partial charge in [0.2, 0.25) is 10.0 Å². The summed E-state index contributed by atoms with van der Waals surface area (Å²) >= 11 is 0. The Morgan fingerprint density at radius 3 is 2.69 bits per heavy atom. The Kier molecular flexibility index (Phi) is 5.05. The Morgan fingerprint density at radius 2 is 1.97 bits per heavy atom. The molecule has 8 rings (SSSR count). The number of sulfonamides is 1. The molecule has 2 aliphatic heterocycles. The van der Waals surface area contributed by atoms with Gasteiger partial charge in [0.1, 0.15) is 11.7 Å². The average molecular weight is 551 g/mol. The number of fused-ring (bicyclic) bond motifs is 2. The van der Waals surface area contributed by atoms with Gasteiger partial charge >= 0.3 is 0 Å². The van der Waals surface area contributed by atoms with Crippen LogP contribution in [-0.4, -0.2) is 62.9 Å². The topological polar surface area (TPSA) is 88.1 Å². The van der Waals surface area contributed by atoms with Gasteiger partial charge in [0.05, 0.1) is 4.90 Å². The zero-order valence-electron chi connectivity index (χ0n) is 22.7. The summed E-state index contributed by atoms with van der Waals surface area (Å²) < 4.78 is 42.6. The molecule has 2 heterocycles. The number of rotatable bonds is 8. The fraction of sp³-hybridized carbons (Fsp3) is 0.613. The van der Waals surface area contributed by atoms with Crippen LogP contribution in [-0.2, 0) is 26.6 Å². The minimum Gasteiger partial charge on any atom is -0.504 e. The summed E-state index contributed by atoms with van der Waals surface area (Å²) in [6, 6.07) is 12.9. The number of hydrogen-bond acceptors (Lipinski definition) is 6. The number of ether oxygens (including phenoxy) is 2. The molecule has 4 aliphatic carbocycles. The number of aromatic hydroxyl groups is 1. The predicted molar refractivity (Wildman–Crippen MR) is 146 cm³/mol. The molecule has 1 unspecified atom stereocenters. The Balaban J connectivity index is 1.22. The molecular weight excluding hydrogens is 512 g/mol. The minimum absolute atomic E-state index is 0.00337. The maximum Gasteiger partial charge on any atom is 0.240 e. The first-order valence-electron chi connectivity index (χ1n) is 14.7. The summed E-state index contributed by atoms with van der Waals surface area (Å²) in [7, 11) is -1.87. The summed E-state index contributed by atoms with van der Waals surface area (Å²) in [4.78, 5) is 3.06. The van der Waals surface area contributed by atoms with Crippen molar-refractivity contribution in [3.63, 3.8) is 0 Å². The van der Waals surface area contributed by atoms with Crippen LogP contribution in [0.3, 0.4) is 0 Å². The van der Waals surface area contributed by atoms with Gasteiger partial charge in [0, 0.05) is 43.1 Å². The number of hydrogen-bond donors (Lipinski definition) is 2. The quantitative estimate of drug-likeness (QED) is 0.519. The number of piperidine rings is 1. The first kappa shape index (κ1) is 24.6. The fourth-order valence-electron chi connectivity index (χ4n) is 9.96. The summed E-state index contributed by atoms with van der Waals surface area (Å²) in [5.41, 5.74) is 1.71. The summed E-state index contributed by atoms with van der Waals surface area (Å²) in [5, 5.41) is 11.0. The summed E-state index contributed by atoms with van der Waals surface area (Å²) in [5.74, 6) is 1.89. The molecule has 2 bridgehead atoms. The maximum absolute atomic E-state index is 13.2. The molecule has 8 heteroatoms. The van der Waals surface area contributed by atoms with Crippen molar-refractivity contribution >= 4 is 10.0 Å². The van der Waals surface area contributed by atoms with Crippen LogP contribution in [0.15, 0.2) is 47.4 Å². The highest BCUT2D eigenvalue weighted by Gasteiger charge is 2.85. The second-order valence-corrected chi connectivity index (χ2v) is 14.7. The highest BCUT2D eigenvalue weighted by molar-refractivity contribution is 7.89. The first-order chi connectivity index (χ1) is 18.8. The van der Waals surface area contributed by atoms with E-state index in [1.165, 1.54) is 30.5 Å². The van der Waals surface area contributed by atoms with E-state index in [2.05, 4.69) is 22.6 Å². The number of phenolic OH excluding ortho intramolecular Hbond substituents is 1. The first-order valence-corrected chi connectivity index (χ1v) is 16.2. The summed E-state index contributed by atoms with van der Waals surface area (Å²) in [6.45, 7) is 4.87. The van der Waals surface area contributed by atoms with Crippen molar-refractivity contribution in [1.82, 2.24) is 9.62 Å². The van der Waals surface area contributed by atoms with Gasteiger partial charge < -0.3 is 14.6 Å². The molecule has 2 N–H and O–H groups in total. The molecule has 7 atom stereocenters. The molecular formula is C31H38N2O5S. The van der Waals surface area contributed by atoms with E-state index in [0.717, 1.165) is 38.1 Å². The molecule has 208 valence electrons. The molecule has 1 spiro atoms. The van der Waals surface area contributed by atoms with Gasteiger partial charge in [0.25, 0.3) is 0 Å². The van der Waals surface area contributed by atoms with Crippen LogP contribution in [0.1, 0.15) is 50.2 Å². The lowest BCUT2D eigenvalue weighted by Gasteiger charge is -2.66. The van der Waals surface area contributed by atoms with Gasteiger partial charge in [-0.05, 0) is 86.1 Å². The van der Waals surface area contributed by atoms with Gasteiger partial charge in [0.15, 0.2) is 11.5 Å². The Hall–Kier alpha value is -2.13. The number of phenols is 1. The van der Waals surface area contributed by atoms with Gasteiger partial charge in [-0.1, -0.05) is 31.2 Å². The third-order valence-electron chi connectivity index (χ3n) is 11.8. The molecule has 3 saturated carbocycles. The van der Waals surface area contributed by atoms with Crippen LogP contribution in [0.5, 0.6) is 11.5 Å². The Labute approximate surface area is 230 Å². The average Bonchev–Trinajstić information content (AvgIpc) is 3.84. The van der Waals surface area contributed by atoms with Gasteiger partial charge in [-0.2, -0.15) is 0 Å². The largest absolute Gasteiger partial charge is 0.504 e. The second kappa shape index (κ2) is 7.99. The molecule has 0 radical (unpaired) electrons. The Morgan fingerprint density at radius 1 is 1.18 bits per heavy atom. The number of nitrogens with zero attached hydrogens (tertiary/aromatic N) is 1. The highest BCUT2D eigenvalue weighted by atomic mass is 32.2. The van der Waals surface area contributed by atoms with Crippen LogP contribution in [0, 0.1) is 23.2 Å². The smallest absolute Gasteiger partial charge is 0.240 e. The third kappa shape index (κ3) is 2.96. The summed E-state index contributed by atoms with van der Waals surface area (Å²) in [6.07, 6.45) is 6.44. The van der Waals surface area contributed by atoms with E-state index < -0.39 is 15.6 Å². The molecule has 6 aliphatic rings. The molecule has 2 aromatic carbocycles. The van der Waals surface area contributed by atoms with E-state index in [1.807, 2.05) is 6.07 Å². The molecule has 0 aromatic heterocycles. The van der Waals surface area contributed by atoms with Crippen molar-refractivity contribution in [2.24, 2.45) is 23.2 Å². The normalized spacial score (nSPS) is 39.5. The fourth-order valence-corrected chi connectivity index (χ4v) is 11.0. The molecule has 1 saturated heterocycles. The van der Waals surface area contributed by atoms with Crippen LogP contribution in [0.2, 0.25) is 0 Å². The molecule has 39 heavy (non-hydrogen) atoms. The van der Waals surface area contributed by atoms with Crippen molar-refractivity contribution in [2.75, 3.05) is 26.7 Å². The van der Waals surface area contributed by atoms with E-state index in [1.54, 1.807) is 37.4 Å². The molecule has 4 fully saturated rings. The van der Waals surface area contributed by atoms with Crippen molar-refractivity contribution in [3.8, 4) is 11.5 Å². The van der Waals surface area contributed by atoms with E-state index in [9.17, 15) is 13.5 Å². The lowest BCUT2D eigenvalue weighted by atomic mass is 9.42. The lowest BCUT2D eigenvalue weighted by Crippen LogP contribution is -2.73. The lowest BCUT2D eigenvalue weighted by molar-refractivity contribution is -0.176. The van der Waals surface area contributed by atoms with Crippen molar-refractivity contribution in [3.05, 3.63) is 53.6 Å². The van der Waals surface area contributed by atoms with Gasteiger partial charge in [-0.25, -0.2) is 13.1 Å². The van der Waals surface area contributed by atoms with Crippen molar-refractivity contribution in [1.29, 1.82) is 0 Å². The van der Waals surface area contributed by atoms with Gasteiger partial charge in [-0.15, -0.1) is 0 Å². The van der Waals surface area contributed by atoms with Gasteiger partial charge in [-0.3, -0.25) is 4.90 Å². The Bertz CT molecular complexity index is 1440. The van der Waals surface area contributed by atoms with Crippen LogP contribution < -0.4 is 9.46 Å². The number of methoxy groups -OCH3 is 1. The standard InChI is InChI=1S/C31H38N2O5S/c1-3-29-16-22-23(17-32-39(35,36)21-7-5-4-6-8-21)31(22,37-2)28-30(29)13-14-33(18-19-9-10-19)25(29)15-20-11-12-24(34)27(38-28)26(20)30/h4-8,11-12,19,22-23,25,28,32,34H,3,9-10,13-18H2,1-2H3/t22-,23?,25-,28-,29-,30+,31+/m1/s1. The second-order valence-electron chi connectivity index (χ2n) is 13.0. The van der Waals surface area contributed by atoms with E-state index in [0.29, 0.717) is 18.3 Å². The number of benzene rings is 2. The zero-order chi connectivity index (χ0) is 26.8. The molecule has 7 nitrogen and oxygen atoms in total. The third-order valence-corrected chi connectivity index (χ3v) is 13.2. The predicted octanol–water partition coefficient (Wildman–Crippen LogP) is 3.84. The SMILES string of the molecule is CC[C@]12C[C@@H]3C(CNS(=O)(=O)c4ccccc4)[C@]3(OC)[C@@H]3Oc4c(O)ccc5c4[C@@]31CCN(CC1CC1)[C@@H]2C5. The number of likely N-dealkylation sites (tertiary alicyclic amines) is 1. The van der Waals surface area contributed by atoms with E-state index in [4.69, 9.17) is 9.47 Å². The van der Waals surface area contributed by atoms with Crippen LogP contribution >= 0.6 is 0 Å². The minimum atomic E-state index is -3.63. The van der Waals surface area contributed by atoms with Crippen LogP contribution in [0.4, 0.5) is 0 Å². The zero-order valence-corrected chi connectivity index (χ0v) is 23.5.